The number of aryl methyl sites for hydroxylation is 1. The number of hydrogen-bond donors (Lipinski definition) is 0. The fraction of sp³-hybridized carbons (Fsp3) is 0.781. The molecule has 2 nitrogen and oxygen atoms in total. The van der Waals surface area contributed by atoms with Gasteiger partial charge in [-0.05, 0) is 80.4 Å². The standard InChI is InChI=1S/C32H39F13O2/c1-2-3-4-5-20-6-10-22(11-7-20)23-12-14-24(15-13-23)26(46)47-25-16-8-21(9-17-25)18-19-27(33,34)28(35,36)29(37,38)30(39,40)31(41,42)32(43,44)45/h8-9,16-17,20,22-24H,2-7,10-15,18-19H2,1H3. The van der Waals surface area contributed by atoms with Crippen molar-refractivity contribution in [3.05, 3.63) is 29.8 Å². The molecule has 0 amide bonds. The van der Waals surface area contributed by atoms with Gasteiger partial charge in [0.1, 0.15) is 5.75 Å². The van der Waals surface area contributed by atoms with Gasteiger partial charge in [0, 0.05) is 6.42 Å². The minimum atomic E-state index is -7.91. The molecule has 0 aliphatic heterocycles. The van der Waals surface area contributed by atoms with Crippen molar-refractivity contribution in [2.75, 3.05) is 0 Å². The minimum absolute atomic E-state index is 0.0417. The third kappa shape index (κ3) is 8.33. The lowest BCUT2D eigenvalue weighted by Crippen LogP contribution is -2.70. The second-order valence-electron chi connectivity index (χ2n) is 13.0. The molecule has 1 aromatic rings. The van der Waals surface area contributed by atoms with Gasteiger partial charge in [0.25, 0.3) is 0 Å². The molecule has 2 aliphatic carbocycles. The van der Waals surface area contributed by atoms with E-state index in [4.69, 9.17) is 4.74 Å². The first-order valence-corrected chi connectivity index (χ1v) is 15.9. The normalized spacial score (nSPS) is 23.9. The second kappa shape index (κ2) is 14.7. The summed E-state index contributed by atoms with van der Waals surface area (Å²) in [5.74, 6) is -35.9. The molecule has 0 atom stereocenters. The Hall–Kier alpha value is -2.22. The molecule has 2 saturated carbocycles. The molecule has 15 heteroatoms. The maximum atomic E-state index is 14.1. The lowest BCUT2D eigenvalue weighted by atomic mass is 9.68. The van der Waals surface area contributed by atoms with E-state index in [1.807, 2.05) is 0 Å². The van der Waals surface area contributed by atoms with Gasteiger partial charge in [-0.25, -0.2) is 0 Å². The number of halogens is 13. The molecule has 0 bridgehead atoms. The summed E-state index contributed by atoms with van der Waals surface area (Å²) in [7, 11) is 0. The van der Waals surface area contributed by atoms with E-state index in [0.717, 1.165) is 43.0 Å². The van der Waals surface area contributed by atoms with Crippen LogP contribution in [0.15, 0.2) is 24.3 Å². The highest BCUT2D eigenvalue weighted by Crippen LogP contribution is 2.60. The molecule has 0 aromatic heterocycles. The number of hydrogen-bond acceptors (Lipinski definition) is 2. The van der Waals surface area contributed by atoms with Gasteiger partial charge in [0.05, 0.1) is 5.92 Å². The SMILES string of the molecule is CCCCCC1CCC(C2CCC(C(=O)Oc3ccc(CCC(F)(F)C(F)(F)C(F)(F)C(F)(F)C(F)(F)C(F)(F)F)cc3)CC2)CC1. The Morgan fingerprint density at radius 2 is 1.15 bits per heavy atom. The number of esters is 1. The second-order valence-corrected chi connectivity index (χ2v) is 13.0. The molecule has 2 aliphatic rings. The first-order valence-electron chi connectivity index (χ1n) is 15.9. The third-order valence-electron chi connectivity index (χ3n) is 9.75. The van der Waals surface area contributed by atoms with E-state index in [0.29, 0.717) is 24.7 Å². The molecule has 0 spiro atoms. The number of ether oxygens (including phenoxy) is 1. The van der Waals surface area contributed by atoms with Crippen molar-refractivity contribution >= 4 is 5.97 Å². The van der Waals surface area contributed by atoms with Crippen LogP contribution in [0.5, 0.6) is 5.75 Å². The maximum Gasteiger partial charge on any atom is 0.460 e. The zero-order valence-corrected chi connectivity index (χ0v) is 25.7. The van der Waals surface area contributed by atoms with Gasteiger partial charge in [0.15, 0.2) is 0 Å². The number of alkyl halides is 13. The van der Waals surface area contributed by atoms with E-state index in [9.17, 15) is 61.9 Å². The Bertz CT molecular complexity index is 1150. The van der Waals surface area contributed by atoms with Crippen LogP contribution >= 0.6 is 0 Å². The number of carbonyl (C=O) groups is 1. The van der Waals surface area contributed by atoms with Crippen molar-refractivity contribution in [2.45, 2.75) is 133 Å². The van der Waals surface area contributed by atoms with Crippen LogP contribution in [0.3, 0.4) is 0 Å². The summed E-state index contributed by atoms with van der Waals surface area (Å²) in [5, 5.41) is 0. The molecule has 0 unspecified atom stereocenters. The van der Waals surface area contributed by atoms with Crippen LogP contribution in [0.2, 0.25) is 0 Å². The highest BCUT2D eigenvalue weighted by molar-refractivity contribution is 5.75. The largest absolute Gasteiger partial charge is 0.460 e. The van der Waals surface area contributed by atoms with Gasteiger partial charge < -0.3 is 4.74 Å². The Balaban J connectivity index is 1.51. The molecule has 0 N–H and O–H groups in total. The number of rotatable bonds is 14. The summed E-state index contributed by atoms with van der Waals surface area (Å²) in [4.78, 5) is 12.7. The maximum absolute atomic E-state index is 14.1. The Labute approximate surface area is 264 Å². The summed E-state index contributed by atoms with van der Waals surface area (Å²) in [5.41, 5.74) is -0.253. The van der Waals surface area contributed by atoms with E-state index in [-0.39, 0.29) is 17.2 Å². The Kier molecular flexibility index (Phi) is 12.3. The van der Waals surface area contributed by atoms with Gasteiger partial charge in [0.2, 0.25) is 0 Å². The molecule has 270 valence electrons. The number of benzene rings is 1. The van der Waals surface area contributed by atoms with Crippen molar-refractivity contribution in [1.82, 2.24) is 0 Å². The van der Waals surface area contributed by atoms with Gasteiger partial charge >= 0.3 is 41.8 Å². The smallest absolute Gasteiger partial charge is 0.426 e. The fourth-order valence-corrected chi connectivity index (χ4v) is 6.64. The Morgan fingerprint density at radius 1 is 0.660 bits per heavy atom. The molecule has 0 saturated heterocycles. The van der Waals surface area contributed by atoms with Gasteiger partial charge in [-0.2, -0.15) is 57.1 Å². The summed E-state index contributed by atoms with van der Waals surface area (Å²) in [6, 6.07) is 4.19. The van der Waals surface area contributed by atoms with E-state index < -0.39 is 54.6 Å². The highest BCUT2D eigenvalue weighted by atomic mass is 19.4. The van der Waals surface area contributed by atoms with Crippen LogP contribution in [-0.4, -0.2) is 41.8 Å². The Morgan fingerprint density at radius 3 is 1.64 bits per heavy atom. The zero-order chi connectivity index (χ0) is 35.5. The minimum Gasteiger partial charge on any atom is -0.426 e. The lowest BCUT2D eigenvalue weighted by molar-refractivity contribution is -0.440. The van der Waals surface area contributed by atoms with Crippen molar-refractivity contribution in [3.63, 3.8) is 0 Å². The van der Waals surface area contributed by atoms with E-state index in [1.165, 1.54) is 51.4 Å². The predicted octanol–water partition coefficient (Wildman–Crippen LogP) is 11.5. The quantitative estimate of drug-likeness (QED) is 0.0835. The summed E-state index contributed by atoms with van der Waals surface area (Å²) in [6.45, 7) is 2.19. The van der Waals surface area contributed by atoms with Gasteiger partial charge in [-0.15, -0.1) is 0 Å². The predicted molar refractivity (Wildman–Crippen MR) is 146 cm³/mol. The summed E-state index contributed by atoms with van der Waals surface area (Å²) in [6.07, 6.45) is 1.90. The van der Waals surface area contributed by atoms with Crippen molar-refractivity contribution in [1.29, 1.82) is 0 Å². The molecule has 1 aromatic carbocycles. The summed E-state index contributed by atoms with van der Waals surface area (Å²) < 4.78 is 178. The molecule has 2 fully saturated rings. The van der Waals surface area contributed by atoms with Crippen LogP contribution in [0.4, 0.5) is 57.1 Å². The van der Waals surface area contributed by atoms with Crippen LogP contribution in [0, 0.1) is 23.7 Å². The highest BCUT2D eigenvalue weighted by Gasteiger charge is 2.90. The van der Waals surface area contributed by atoms with Gasteiger partial charge in [-0.1, -0.05) is 57.6 Å². The van der Waals surface area contributed by atoms with E-state index in [2.05, 4.69) is 6.92 Å². The average molecular weight is 703 g/mol. The topological polar surface area (TPSA) is 26.3 Å². The first-order chi connectivity index (χ1) is 21.6. The van der Waals surface area contributed by atoms with Crippen molar-refractivity contribution in [2.24, 2.45) is 23.7 Å². The van der Waals surface area contributed by atoms with Crippen molar-refractivity contribution in [3.8, 4) is 5.75 Å². The third-order valence-corrected chi connectivity index (χ3v) is 9.75. The molecule has 3 rings (SSSR count). The van der Waals surface area contributed by atoms with Gasteiger partial charge in [-0.3, -0.25) is 4.79 Å². The molecule has 47 heavy (non-hydrogen) atoms. The average Bonchev–Trinajstić information content (AvgIpc) is 3.00. The molecular weight excluding hydrogens is 663 g/mol. The van der Waals surface area contributed by atoms with E-state index in [1.54, 1.807) is 0 Å². The first kappa shape index (κ1) is 39.2. The van der Waals surface area contributed by atoms with Crippen LogP contribution in [0.25, 0.3) is 0 Å². The summed E-state index contributed by atoms with van der Waals surface area (Å²) >= 11 is 0. The fourth-order valence-electron chi connectivity index (χ4n) is 6.64. The number of unbranched alkanes of at least 4 members (excludes halogenated alkanes) is 2. The molecular formula is C32H39F13O2. The molecule has 0 radical (unpaired) electrons. The molecule has 0 heterocycles. The lowest BCUT2D eigenvalue weighted by Gasteiger charge is -2.39. The zero-order valence-electron chi connectivity index (χ0n) is 25.7. The van der Waals surface area contributed by atoms with E-state index >= 15 is 0 Å². The monoisotopic (exact) mass is 702 g/mol. The van der Waals surface area contributed by atoms with Crippen LogP contribution in [-0.2, 0) is 11.2 Å². The number of carbonyl (C=O) groups excluding carboxylic acids is 1. The van der Waals surface area contributed by atoms with Crippen LogP contribution in [0.1, 0.15) is 96.0 Å². The van der Waals surface area contributed by atoms with Crippen LogP contribution < -0.4 is 4.74 Å². The van der Waals surface area contributed by atoms with Crippen molar-refractivity contribution < 1.29 is 66.6 Å².